The van der Waals surface area contributed by atoms with E-state index < -0.39 is 0 Å². The fourth-order valence-electron chi connectivity index (χ4n) is 4.01. The second-order valence-electron chi connectivity index (χ2n) is 7.21. The molecule has 2 aromatic rings. The van der Waals surface area contributed by atoms with Crippen LogP contribution in [0.1, 0.15) is 36.2 Å². The molecule has 1 aliphatic carbocycles. The third-order valence-electron chi connectivity index (χ3n) is 5.34. The molecule has 0 spiro atoms. The summed E-state index contributed by atoms with van der Waals surface area (Å²) in [5.41, 5.74) is 3.55. The van der Waals surface area contributed by atoms with E-state index in [1.165, 1.54) is 11.3 Å². The summed E-state index contributed by atoms with van der Waals surface area (Å²) in [6.07, 6.45) is 10.3. The van der Waals surface area contributed by atoms with Crippen LogP contribution in [0.2, 0.25) is 0 Å². The molecule has 1 saturated heterocycles. The summed E-state index contributed by atoms with van der Waals surface area (Å²) < 4.78 is 0. The lowest BCUT2D eigenvalue weighted by atomic mass is 9.93. The van der Waals surface area contributed by atoms with Crippen LogP contribution in [-0.4, -0.2) is 44.9 Å². The monoisotopic (exact) mass is 339 g/mol. The number of piperidine rings is 1. The van der Waals surface area contributed by atoms with Crippen molar-refractivity contribution in [1.29, 1.82) is 0 Å². The van der Waals surface area contributed by atoms with Gasteiger partial charge < -0.3 is 10.3 Å². The molecule has 6 heteroatoms. The minimum Gasteiger partial charge on any atom is -0.353 e. The Bertz CT molecular complexity index is 714. The maximum absolute atomic E-state index is 12.7. The van der Waals surface area contributed by atoms with Gasteiger partial charge in [0.15, 0.2) is 0 Å². The lowest BCUT2D eigenvalue weighted by Crippen LogP contribution is -2.47. The van der Waals surface area contributed by atoms with E-state index in [1.807, 2.05) is 12.3 Å². The fraction of sp³-hybridized carbons (Fsp3) is 0.526. The number of aryl methyl sites for hydroxylation is 1. The molecule has 2 atom stereocenters. The number of carbonyl (C=O) groups is 1. The van der Waals surface area contributed by atoms with Crippen molar-refractivity contribution in [2.75, 3.05) is 13.1 Å². The van der Waals surface area contributed by atoms with Gasteiger partial charge in [-0.3, -0.25) is 14.7 Å². The summed E-state index contributed by atoms with van der Waals surface area (Å²) in [7, 11) is 0. The van der Waals surface area contributed by atoms with Crippen molar-refractivity contribution in [2.24, 2.45) is 5.92 Å². The highest BCUT2D eigenvalue weighted by Crippen LogP contribution is 2.21. The van der Waals surface area contributed by atoms with Gasteiger partial charge in [0.25, 0.3) is 0 Å². The average molecular weight is 339 g/mol. The van der Waals surface area contributed by atoms with Gasteiger partial charge >= 0.3 is 0 Å². The van der Waals surface area contributed by atoms with Crippen molar-refractivity contribution >= 4 is 5.91 Å². The van der Waals surface area contributed by atoms with Gasteiger partial charge in [-0.05, 0) is 43.9 Å². The molecule has 3 heterocycles. The Morgan fingerprint density at radius 1 is 1.40 bits per heavy atom. The van der Waals surface area contributed by atoms with Crippen molar-refractivity contribution < 1.29 is 4.79 Å². The highest BCUT2D eigenvalue weighted by atomic mass is 16.2. The van der Waals surface area contributed by atoms with Crippen molar-refractivity contribution in [2.45, 2.75) is 44.7 Å². The Labute approximate surface area is 148 Å². The molecular weight excluding hydrogens is 314 g/mol. The number of aromatic amines is 1. The van der Waals surface area contributed by atoms with Crippen molar-refractivity contribution in [3.63, 3.8) is 0 Å². The van der Waals surface area contributed by atoms with Crippen molar-refractivity contribution in [3.05, 3.63) is 47.8 Å². The highest BCUT2D eigenvalue weighted by Gasteiger charge is 2.29. The Balaban J connectivity index is 1.31. The number of fused-ring (bicyclic) bond motifs is 1. The Morgan fingerprint density at radius 2 is 2.36 bits per heavy atom. The largest absolute Gasteiger partial charge is 0.353 e. The van der Waals surface area contributed by atoms with E-state index in [4.69, 9.17) is 0 Å². The lowest BCUT2D eigenvalue weighted by Gasteiger charge is -2.33. The van der Waals surface area contributed by atoms with Crippen LogP contribution < -0.4 is 5.32 Å². The summed E-state index contributed by atoms with van der Waals surface area (Å²) in [5.74, 6) is 0.303. The van der Waals surface area contributed by atoms with Crippen LogP contribution in [0.5, 0.6) is 0 Å². The van der Waals surface area contributed by atoms with Crippen LogP contribution in [0, 0.1) is 5.92 Å². The minimum atomic E-state index is 0.0913. The number of H-pyrrole nitrogens is 1. The number of nitrogens with one attached hydrogen (secondary N) is 2. The topological polar surface area (TPSA) is 73.9 Å². The summed E-state index contributed by atoms with van der Waals surface area (Å²) >= 11 is 0. The number of imidazole rings is 1. The van der Waals surface area contributed by atoms with E-state index in [1.54, 1.807) is 12.5 Å². The number of amides is 1. The molecule has 132 valence electrons. The number of carbonyl (C=O) groups excluding carboxylic acids is 1. The number of aromatic nitrogens is 3. The van der Waals surface area contributed by atoms with Gasteiger partial charge in [-0.1, -0.05) is 6.07 Å². The van der Waals surface area contributed by atoms with Crippen molar-refractivity contribution in [3.8, 4) is 0 Å². The molecule has 0 radical (unpaired) electrons. The minimum absolute atomic E-state index is 0.0913. The van der Waals surface area contributed by atoms with E-state index >= 15 is 0 Å². The summed E-state index contributed by atoms with van der Waals surface area (Å²) in [5, 5.41) is 3.28. The van der Waals surface area contributed by atoms with Gasteiger partial charge in [0.1, 0.15) is 0 Å². The molecule has 0 saturated carbocycles. The van der Waals surface area contributed by atoms with Crippen LogP contribution in [0.4, 0.5) is 0 Å². The number of likely N-dealkylation sites (tertiary alicyclic amines) is 1. The van der Waals surface area contributed by atoms with E-state index in [-0.39, 0.29) is 17.9 Å². The first kappa shape index (κ1) is 16.3. The molecule has 4 rings (SSSR count). The van der Waals surface area contributed by atoms with Gasteiger partial charge in [0, 0.05) is 43.6 Å². The lowest BCUT2D eigenvalue weighted by molar-refractivity contribution is -0.127. The van der Waals surface area contributed by atoms with Gasteiger partial charge in [-0.2, -0.15) is 0 Å². The number of pyridine rings is 1. The zero-order valence-electron chi connectivity index (χ0n) is 14.4. The summed E-state index contributed by atoms with van der Waals surface area (Å²) in [4.78, 5) is 26.8. The average Bonchev–Trinajstić information content (AvgIpc) is 3.10. The third kappa shape index (κ3) is 3.90. The summed E-state index contributed by atoms with van der Waals surface area (Å²) in [6, 6.07) is 4.30. The number of hydrogen-bond acceptors (Lipinski definition) is 4. The maximum Gasteiger partial charge on any atom is 0.224 e. The molecule has 2 aliphatic rings. The smallest absolute Gasteiger partial charge is 0.224 e. The molecular formula is C19H25N5O. The maximum atomic E-state index is 12.7. The standard InChI is InChI=1S/C19H25N5O/c25-19(23-16-5-6-17-18(9-16)22-13-21-17)15-4-2-8-24(12-15)11-14-3-1-7-20-10-14/h1,3,7,10,13,15-16H,2,4-6,8-9,11-12H2,(H,21,22)(H,23,25). The predicted octanol–water partition coefficient (Wildman–Crippen LogP) is 1.69. The molecule has 0 bridgehead atoms. The zero-order valence-corrected chi connectivity index (χ0v) is 14.4. The molecule has 2 unspecified atom stereocenters. The van der Waals surface area contributed by atoms with Crippen LogP contribution >= 0.6 is 0 Å². The fourth-order valence-corrected chi connectivity index (χ4v) is 4.01. The van der Waals surface area contributed by atoms with Gasteiger partial charge in [0.2, 0.25) is 5.91 Å². The quantitative estimate of drug-likeness (QED) is 0.889. The normalized spacial score (nSPS) is 23.8. The molecule has 1 amide bonds. The van der Waals surface area contributed by atoms with Crippen LogP contribution in [0.3, 0.4) is 0 Å². The van der Waals surface area contributed by atoms with Gasteiger partial charge in [-0.25, -0.2) is 4.98 Å². The number of hydrogen-bond donors (Lipinski definition) is 2. The van der Waals surface area contributed by atoms with Gasteiger partial charge in [-0.15, -0.1) is 0 Å². The number of rotatable bonds is 4. The van der Waals surface area contributed by atoms with E-state index in [0.29, 0.717) is 0 Å². The van der Waals surface area contributed by atoms with Crippen LogP contribution in [-0.2, 0) is 24.2 Å². The summed E-state index contributed by atoms with van der Waals surface area (Å²) in [6.45, 7) is 2.76. The second kappa shape index (κ2) is 7.35. The first-order chi connectivity index (χ1) is 12.3. The Kier molecular flexibility index (Phi) is 4.78. The van der Waals surface area contributed by atoms with E-state index in [0.717, 1.165) is 57.4 Å². The first-order valence-electron chi connectivity index (χ1n) is 9.20. The third-order valence-corrected chi connectivity index (χ3v) is 5.34. The van der Waals surface area contributed by atoms with Crippen LogP contribution in [0.25, 0.3) is 0 Å². The predicted molar refractivity (Wildman–Crippen MR) is 94.8 cm³/mol. The molecule has 25 heavy (non-hydrogen) atoms. The molecule has 2 aromatic heterocycles. The van der Waals surface area contributed by atoms with Crippen molar-refractivity contribution in [1.82, 2.24) is 25.2 Å². The first-order valence-corrected chi connectivity index (χ1v) is 9.20. The molecule has 6 nitrogen and oxygen atoms in total. The number of nitrogens with zero attached hydrogens (tertiary/aromatic N) is 3. The molecule has 0 aromatic carbocycles. The highest BCUT2D eigenvalue weighted by molar-refractivity contribution is 5.79. The molecule has 1 fully saturated rings. The Hall–Kier alpha value is -2.21. The van der Waals surface area contributed by atoms with Crippen LogP contribution in [0.15, 0.2) is 30.9 Å². The Morgan fingerprint density at radius 3 is 3.24 bits per heavy atom. The SMILES string of the molecule is O=C(NC1CCc2nc[nH]c2C1)C1CCCN(Cc2cccnc2)C1. The zero-order chi connectivity index (χ0) is 17.1. The second-order valence-corrected chi connectivity index (χ2v) is 7.21. The van der Waals surface area contributed by atoms with E-state index in [9.17, 15) is 4.79 Å². The van der Waals surface area contributed by atoms with Gasteiger partial charge in [0.05, 0.1) is 17.9 Å². The molecule has 1 aliphatic heterocycles. The van der Waals surface area contributed by atoms with E-state index in [2.05, 4.69) is 31.2 Å². The molecule has 2 N–H and O–H groups in total.